The van der Waals surface area contributed by atoms with E-state index < -0.39 is 0 Å². The number of fused-ring (bicyclic) bond motifs is 1. The first-order valence-electron chi connectivity index (χ1n) is 6.21. The zero-order valence-electron chi connectivity index (χ0n) is 10.4. The highest BCUT2D eigenvalue weighted by atomic mass is 16.5. The van der Waals surface area contributed by atoms with Crippen molar-refractivity contribution in [3.05, 3.63) is 29.3 Å². The second-order valence-electron chi connectivity index (χ2n) is 4.76. The lowest BCUT2D eigenvalue weighted by molar-refractivity contribution is 0.254. The molecule has 0 aromatic heterocycles. The minimum atomic E-state index is 0.341. The molecule has 0 saturated carbocycles. The average molecular weight is 219 g/mol. The van der Waals surface area contributed by atoms with Crippen LogP contribution in [-0.2, 0) is 13.0 Å². The van der Waals surface area contributed by atoms with Crippen molar-refractivity contribution in [2.45, 2.75) is 52.3 Å². The zero-order chi connectivity index (χ0) is 11.5. The van der Waals surface area contributed by atoms with Crippen LogP contribution in [0.4, 0.5) is 0 Å². The SMILES string of the molecule is CCC(C)NCc1ccc2c(c1)CC(C)O2. The van der Waals surface area contributed by atoms with E-state index in [9.17, 15) is 0 Å². The average Bonchev–Trinajstić information content (AvgIpc) is 2.65. The van der Waals surface area contributed by atoms with Gasteiger partial charge in [-0.3, -0.25) is 0 Å². The van der Waals surface area contributed by atoms with Crippen LogP contribution >= 0.6 is 0 Å². The van der Waals surface area contributed by atoms with Gasteiger partial charge < -0.3 is 10.1 Å². The molecule has 1 heterocycles. The molecule has 0 radical (unpaired) electrons. The van der Waals surface area contributed by atoms with E-state index in [0.717, 1.165) is 18.7 Å². The van der Waals surface area contributed by atoms with E-state index in [0.29, 0.717) is 12.1 Å². The highest BCUT2D eigenvalue weighted by Gasteiger charge is 2.18. The number of ether oxygens (including phenoxy) is 1. The van der Waals surface area contributed by atoms with Crippen molar-refractivity contribution in [3.63, 3.8) is 0 Å². The van der Waals surface area contributed by atoms with Gasteiger partial charge in [-0.05, 0) is 37.5 Å². The van der Waals surface area contributed by atoms with Crippen LogP contribution in [0.1, 0.15) is 38.3 Å². The van der Waals surface area contributed by atoms with Crippen LogP contribution < -0.4 is 10.1 Å². The molecular formula is C14H21NO. The molecule has 1 aromatic rings. The minimum absolute atomic E-state index is 0.341. The first kappa shape index (κ1) is 11.5. The van der Waals surface area contributed by atoms with E-state index in [1.165, 1.54) is 17.5 Å². The van der Waals surface area contributed by atoms with Gasteiger partial charge in [0, 0.05) is 19.0 Å². The van der Waals surface area contributed by atoms with Crippen LogP contribution in [0.15, 0.2) is 18.2 Å². The van der Waals surface area contributed by atoms with E-state index >= 15 is 0 Å². The number of hydrogen-bond donors (Lipinski definition) is 1. The Balaban J connectivity index is 2.00. The smallest absolute Gasteiger partial charge is 0.123 e. The lowest BCUT2D eigenvalue weighted by Crippen LogP contribution is -2.24. The molecule has 0 amide bonds. The van der Waals surface area contributed by atoms with Gasteiger partial charge in [-0.15, -0.1) is 0 Å². The third-order valence-electron chi connectivity index (χ3n) is 3.23. The van der Waals surface area contributed by atoms with E-state index in [2.05, 4.69) is 44.3 Å². The van der Waals surface area contributed by atoms with E-state index in [1.807, 2.05) is 0 Å². The number of rotatable bonds is 4. The van der Waals surface area contributed by atoms with Gasteiger partial charge >= 0.3 is 0 Å². The summed E-state index contributed by atoms with van der Waals surface area (Å²) in [6.45, 7) is 7.50. The minimum Gasteiger partial charge on any atom is -0.490 e. The summed E-state index contributed by atoms with van der Waals surface area (Å²) in [6.07, 6.45) is 2.56. The summed E-state index contributed by atoms with van der Waals surface area (Å²) in [5, 5.41) is 3.51. The molecule has 1 aliphatic heterocycles. The second kappa shape index (κ2) is 4.88. The fourth-order valence-corrected chi connectivity index (χ4v) is 2.02. The Kier molecular flexibility index (Phi) is 3.49. The summed E-state index contributed by atoms with van der Waals surface area (Å²) in [6, 6.07) is 7.12. The quantitative estimate of drug-likeness (QED) is 0.840. The Bertz CT molecular complexity index is 362. The molecule has 0 bridgehead atoms. The zero-order valence-corrected chi connectivity index (χ0v) is 10.4. The van der Waals surface area contributed by atoms with Gasteiger partial charge in [-0.1, -0.05) is 19.1 Å². The Morgan fingerprint density at radius 1 is 1.50 bits per heavy atom. The first-order chi connectivity index (χ1) is 7.69. The Morgan fingerprint density at radius 2 is 2.31 bits per heavy atom. The molecule has 2 unspecified atom stereocenters. The monoisotopic (exact) mass is 219 g/mol. The Morgan fingerprint density at radius 3 is 3.06 bits per heavy atom. The molecule has 1 N–H and O–H groups in total. The van der Waals surface area contributed by atoms with Crippen molar-refractivity contribution in [2.24, 2.45) is 0 Å². The van der Waals surface area contributed by atoms with Crippen molar-refractivity contribution < 1.29 is 4.74 Å². The normalized spacial score (nSPS) is 20.3. The molecule has 88 valence electrons. The van der Waals surface area contributed by atoms with Crippen LogP contribution in [0.2, 0.25) is 0 Å². The van der Waals surface area contributed by atoms with Crippen molar-refractivity contribution in [2.75, 3.05) is 0 Å². The van der Waals surface area contributed by atoms with Gasteiger partial charge in [-0.25, -0.2) is 0 Å². The molecule has 2 nitrogen and oxygen atoms in total. The summed E-state index contributed by atoms with van der Waals surface area (Å²) in [7, 11) is 0. The highest BCUT2D eigenvalue weighted by molar-refractivity contribution is 5.40. The van der Waals surface area contributed by atoms with Crippen LogP contribution in [0.25, 0.3) is 0 Å². The molecule has 1 aliphatic rings. The topological polar surface area (TPSA) is 21.3 Å². The van der Waals surface area contributed by atoms with Crippen molar-refractivity contribution in [1.29, 1.82) is 0 Å². The third kappa shape index (κ3) is 2.56. The summed E-state index contributed by atoms with van der Waals surface area (Å²) in [4.78, 5) is 0. The largest absolute Gasteiger partial charge is 0.490 e. The third-order valence-corrected chi connectivity index (χ3v) is 3.23. The van der Waals surface area contributed by atoms with Gasteiger partial charge in [0.2, 0.25) is 0 Å². The van der Waals surface area contributed by atoms with Crippen molar-refractivity contribution in [1.82, 2.24) is 5.32 Å². The maximum Gasteiger partial charge on any atom is 0.123 e. The molecule has 0 spiro atoms. The summed E-state index contributed by atoms with van der Waals surface area (Å²) >= 11 is 0. The van der Waals surface area contributed by atoms with Gasteiger partial charge in [0.05, 0.1) is 0 Å². The van der Waals surface area contributed by atoms with E-state index in [1.54, 1.807) is 0 Å². The highest BCUT2D eigenvalue weighted by Crippen LogP contribution is 2.29. The summed E-state index contributed by atoms with van der Waals surface area (Å²) < 4.78 is 5.69. The van der Waals surface area contributed by atoms with Gasteiger partial charge in [0.1, 0.15) is 11.9 Å². The molecular weight excluding hydrogens is 198 g/mol. The molecule has 0 aliphatic carbocycles. The molecule has 2 rings (SSSR count). The summed E-state index contributed by atoms with van der Waals surface area (Å²) in [5.41, 5.74) is 2.72. The van der Waals surface area contributed by atoms with Crippen molar-refractivity contribution >= 4 is 0 Å². The number of hydrogen-bond acceptors (Lipinski definition) is 2. The van der Waals surface area contributed by atoms with Crippen LogP contribution in [-0.4, -0.2) is 12.1 Å². The van der Waals surface area contributed by atoms with E-state index in [4.69, 9.17) is 4.74 Å². The second-order valence-corrected chi connectivity index (χ2v) is 4.76. The van der Waals surface area contributed by atoms with Crippen LogP contribution in [0.5, 0.6) is 5.75 Å². The Labute approximate surface area is 98.0 Å². The van der Waals surface area contributed by atoms with Gasteiger partial charge in [0.15, 0.2) is 0 Å². The maximum atomic E-state index is 5.69. The van der Waals surface area contributed by atoms with E-state index in [-0.39, 0.29) is 0 Å². The fourth-order valence-electron chi connectivity index (χ4n) is 2.02. The summed E-state index contributed by atoms with van der Waals surface area (Å²) in [5.74, 6) is 1.07. The molecule has 2 heteroatoms. The van der Waals surface area contributed by atoms with Crippen LogP contribution in [0, 0.1) is 0 Å². The standard InChI is InChI=1S/C14H21NO/c1-4-10(2)15-9-12-5-6-14-13(8-12)7-11(3)16-14/h5-6,8,10-11,15H,4,7,9H2,1-3H3. The lowest BCUT2D eigenvalue weighted by atomic mass is 10.1. The van der Waals surface area contributed by atoms with Gasteiger partial charge in [-0.2, -0.15) is 0 Å². The first-order valence-corrected chi connectivity index (χ1v) is 6.21. The van der Waals surface area contributed by atoms with Gasteiger partial charge in [0.25, 0.3) is 0 Å². The molecule has 0 fully saturated rings. The van der Waals surface area contributed by atoms with Crippen LogP contribution in [0.3, 0.4) is 0 Å². The maximum absolute atomic E-state index is 5.69. The fraction of sp³-hybridized carbons (Fsp3) is 0.571. The van der Waals surface area contributed by atoms with Crippen molar-refractivity contribution in [3.8, 4) is 5.75 Å². The number of benzene rings is 1. The predicted molar refractivity (Wildman–Crippen MR) is 66.8 cm³/mol. The molecule has 16 heavy (non-hydrogen) atoms. The Hall–Kier alpha value is -1.02. The predicted octanol–water partition coefficient (Wildman–Crippen LogP) is 2.90. The molecule has 1 aromatic carbocycles. The number of nitrogens with one attached hydrogen (secondary N) is 1. The lowest BCUT2D eigenvalue weighted by Gasteiger charge is -2.11. The molecule has 2 atom stereocenters. The molecule has 0 saturated heterocycles.